The molecule has 0 radical (unpaired) electrons. The van der Waals surface area contributed by atoms with Gasteiger partial charge in [-0.3, -0.25) is 4.90 Å². The molecule has 1 fully saturated rings. The van der Waals surface area contributed by atoms with E-state index in [2.05, 4.69) is 4.98 Å². The van der Waals surface area contributed by atoms with Crippen LogP contribution in [-0.4, -0.2) is 46.4 Å². The number of rotatable bonds is 4. The minimum atomic E-state index is -0.603. The Kier molecular flexibility index (Phi) is 7.14. The summed E-state index contributed by atoms with van der Waals surface area (Å²) in [6.45, 7) is 14.2. The average Bonchev–Trinajstić information content (AvgIpc) is 3.06. The smallest absolute Gasteiger partial charge is 0.416 e. The van der Waals surface area contributed by atoms with E-state index >= 15 is 0 Å². The molecule has 162 valence electrons. The van der Waals surface area contributed by atoms with Gasteiger partial charge in [0.1, 0.15) is 17.0 Å². The molecule has 1 aromatic heterocycles. The maximum Gasteiger partial charge on any atom is 0.416 e. The molecule has 1 aliphatic heterocycles. The summed E-state index contributed by atoms with van der Waals surface area (Å²) in [6, 6.07) is 3.59. The van der Waals surface area contributed by atoms with Crippen LogP contribution in [0.2, 0.25) is 0 Å². The zero-order chi connectivity index (χ0) is 21.8. The van der Waals surface area contributed by atoms with Crippen LogP contribution in [0, 0.1) is 0 Å². The number of hydrogen-bond acceptors (Lipinski definition) is 5. The van der Waals surface area contributed by atoms with Crippen molar-refractivity contribution in [3.63, 3.8) is 0 Å². The third-order valence-corrected chi connectivity index (χ3v) is 4.37. The van der Waals surface area contributed by atoms with E-state index in [1.807, 2.05) is 60.6 Å². The van der Waals surface area contributed by atoms with Gasteiger partial charge in [0.25, 0.3) is 0 Å². The monoisotopic (exact) mass is 405 g/mol. The van der Waals surface area contributed by atoms with Crippen molar-refractivity contribution >= 4 is 18.0 Å². The first kappa shape index (κ1) is 23.0. The van der Waals surface area contributed by atoms with E-state index in [1.165, 1.54) is 0 Å². The minimum absolute atomic E-state index is 0.185. The molecular formula is C22H35N3O4. The highest BCUT2D eigenvalue weighted by atomic mass is 16.6. The predicted octanol–water partition coefficient (Wildman–Crippen LogP) is 5.31. The van der Waals surface area contributed by atoms with Crippen LogP contribution in [0.3, 0.4) is 0 Å². The lowest BCUT2D eigenvalue weighted by Gasteiger charge is -2.32. The Labute approximate surface area is 174 Å². The number of pyridine rings is 1. The summed E-state index contributed by atoms with van der Waals surface area (Å²) >= 11 is 0. The number of ether oxygens (including phenoxy) is 2. The second-order valence-electron chi connectivity index (χ2n) is 9.38. The average molecular weight is 406 g/mol. The minimum Gasteiger partial charge on any atom is -0.444 e. The van der Waals surface area contributed by atoms with Gasteiger partial charge in [0.15, 0.2) is 0 Å². The zero-order valence-corrected chi connectivity index (χ0v) is 18.8. The number of anilines is 1. The first-order valence-corrected chi connectivity index (χ1v) is 10.4. The molecule has 7 nitrogen and oxygen atoms in total. The lowest BCUT2D eigenvalue weighted by atomic mass is 10.0. The Morgan fingerprint density at radius 1 is 1.17 bits per heavy atom. The van der Waals surface area contributed by atoms with Crippen LogP contribution in [0.15, 0.2) is 18.3 Å². The van der Waals surface area contributed by atoms with Gasteiger partial charge in [-0.25, -0.2) is 14.6 Å². The molecule has 0 aromatic carbocycles. The van der Waals surface area contributed by atoms with E-state index in [-0.39, 0.29) is 12.1 Å². The number of likely N-dealkylation sites (tertiary alicyclic amines) is 1. The van der Waals surface area contributed by atoms with Gasteiger partial charge in [-0.05, 0) is 66.9 Å². The Bertz CT molecular complexity index is 722. The van der Waals surface area contributed by atoms with Crippen molar-refractivity contribution in [3.8, 4) is 0 Å². The second-order valence-corrected chi connectivity index (χ2v) is 9.38. The summed E-state index contributed by atoms with van der Waals surface area (Å²) in [4.78, 5) is 33.5. The summed E-state index contributed by atoms with van der Waals surface area (Å²) in [5, 5.41) is 0. The number of carbonyl (C=O) groups excluding carboxylic acids is 2. The summed E-state index contributed by atoms with van der Waals surface area (Å²) in [5.74, 6) is 0.545. The third kappa shape index (κ3) is 6.34. The van der Waals surface area contributed by atoms with Gasteiger partial charge >= 0.3 is 12.2 Å². The van der Waals surface area contributed by atoms with Crippen molar-refractivity contribution in [2.24, 2.45) is 0 Å². The standard InChI is InChI=1S/C22H35N3O4/c1-8-14-25(20(27)29-22(5,6)7)18-16(11-9-13-23-18)17-12-10-15-24(17)19(26)28-21(2,3)4/h9,11,13,17H,8,10,12,14-15H2,1-7H3. The van der Waals surface area contributed by atoms with Crippen LogP contribution in [0.1, 0.15) is 79.3 Å². The molecule has 1 unspecified atom stereocenters. The van der Waals surface area contributed by atoms with E-state index < -0.39 is 17.3 Å². The first-order chi connectivity index (χ1) is 13.4. The Balaban J connectivity index is 2.37. The fourth-order valence-corrected chi connectivity index (χ4v) is 3.35. The maximum atomic E-state index is 12.9. The molecule has 0 saturated carbocycles. The van der Waals surface area contributed by atoms with E-state index in [4.69, 9.17) is 9.47 Å². The molecule has 0 spiro atoms. The number of hydrogen-bond donors (Lipinski definition) is 0. The van der Waals surface area contributed by atoms with Crippen LogP contribution < -0.4 is 4.90 Å². The summed E-state index contributed by atoms with van der Waals surface area (Å²) in [6.07, 6.45) is 3.33. The van der Waals surface area contributed by atoms with Gasteiger partial charge in [-0.15, -0.1) is 0 Å². The van der Waals surface area contributed by atoms with Gasteiger partial charge in [-0.2, -0.15) is 0 Å². The van der Waals surface area contributed by atoms with E-state index in [0.29, 0.717) is 18.9 Å². The van der Waals surface area contributed by atoms with Crippen LogP contribution >= 0.6 is 0 Å². The topological polar surface area (TPSA) is 72.0 Å². The van der Waals surface area contributed by atoms with Crippen molar-refractivity contribution in [2.45, 2.75) is 85.0 Å². The van der Waals surface area contributed by atoms with Crippen LogP contribution in [0.5, 0.6) is 0 Å². The molecule has 2 amide bonds. The molecule has 2 rings (SSSR count). The van der Waals surface area contributed by atoms with E-state index in [1.54, 1.807) is 16.0 Å². The summed E-state index contributed by atoms with van der Waals surface area (Å²) in [5.41, 5.74) is -0.323. The molecule has 1 saturated heterocycles. The van der Waals surface area contributed by atoms with Crippen molar-refractivity contribution in [1.82, 2.24) is 9.88 Å². The van der Waals surface area contributed by atoms with Crippen molar-refractivity contribution in [1.29, 1.82) is 0 Å². The van der Waals surface area contributed by atoms with Gasteiger partial charge < -0.3 is 14.4 Å². The molecule has 1 atom stereocenters. The van der Waals surface area contributed by atoms with E-state index in [9.17, 15) is 9.59 Å². The van der Waals surface area contributed by atoms with Gasteiger partial charge in [0.2, 0.25) is 0 Å². The molecule has 7 heteroatoms. The Morgan fingerprint density at radius 3 is 2.41 bits per heavy atom. The SMILES string of the molecule is CCCN(C(=O)OC(C)(C)C)c1ncccc1C1CCCN1C(=O)OC(C)(C)C. The molecule has 29 heavy (non-hydrogen) atoms. The molecule has 0 aliphatic carbocycles. The first-order valence-electron chi connectivity index (χ1n) is 10.4. The van der Waals surface area contributed by atoms with Gasteiger partial charge in [0, 0.05) is 24.8 Å². The Morgan fingerprint density at radius 2 is 1.83 bits per heavy atom. The largest absolute Gasteiger partial charge is 0.444 e. The molecule has 2 heterocycles. The number of aromatic nitrogens is 1. The molecule has 1 aromatic rings. The van der Waals surface area contributed by atoms with Crippen molar-refractivity contribution in [2.75, 3.05) is 18.0 Å². The third-order valence-electron chi connectivity index (χ3n) is 4.37. The number of carbonyl (C=O) groups is 2. The molecule has 0 bridgehead atoms. The highest BCUT2D eigenvalue weighted by Crippen LogP contribution is 2.37. The van der Waals surface area contributed by atoms with Crippen LogP contribution in [0.4, 0.5) is 15.4 Å². The lowest BCUT2D eigenvalue weighted by molar-refractivity contribution is 0.0224. The van der Waals surface area contributed by atoms with Crippen LogP contribution in [0.25, 0.3) is 0 Å². The van der Waals surface area contributed by atoms with E-state index in [0.717, 1.165) is 24.8 Å². The van der Waals surface area contributed by atoms with Crippen molar-refractivity contribution < 1.29 is 19.1 Å². The number of amides is 2. The number of nitrogens with zero attached hydrogens (tertiary/aromatic N) is 3. The second kappa shape index (κ2) is 9.01. The zero-order valence-electron chi connectivity index (χ0n) is 18.8. The Hall–Kier alpha value is -2.31. The molecule has 1 aliphatic rings. The van der Waals surface area contributed by atoms with Crippen molar-refractivity contribution in [3.05, 3.63) is 23.9 Å². The summed E-state index contributed by atoms with van der Waals surface area (Å²) in [7, 11) is 0. The van der Waals surface area contributed by atoms with Gasteiger partial charge in [0.05, 0.1) is 6.04 Å². The normalized spacial score (nSPS) is 17.2. The quantitative estimate of drug-likeness (QED) is 0.679. The van der Waals surface area contributed by atoms with Gasteiger partial charge in [-0.1, -0.05) is 13.0 Å². The molecule has 0 N–H and O–H groups in total. The highest BCUT2D eigenvalue weighted by molar-refractivity contribution is 5.87. The fraction of sp³-hybridized carbons (Fsp3) is 0.682. The lowest BCUT2D eigenvalue weighted by Crippen LogP contribution is -2.40. The predicted molar refractivity (Wildman–Crippen MR) is 113 cm³/mol. The highest BCUT2D eigenvalue weighted by Gasteiger charge is 2.36. The fourth-order valence-electron chi connectivity index (χ4n) is 3.35. The summed E-state index contributed by atoms with van der Waals surface area (Å²) < 4.78 is 11.2. The van der Waals surface area contributed by atoms with Crippen LogP contribution in [-0.2, 0) is 9.47 Å². The maximum absolute atomic E-state index is 12.9. The molecular weight excluding hydrogens is 370 g/mol.